The molecule has 2 aliphatic heterocycles. The molecule has 2 heterocycles. The first-order valence-electron chi connectivity index (χ1n) is 3.44. The van der Waals surface area contributed by atoms with Crippen LogP contribution in [0, 0.1) is 5.92 Å². The molecule has 2 aliphatic rings. The maximum Gasteiger partial charge on any atom is 0.0579 e. The molecule has 0 bridgehead atoms. The molecule has 0 radical (unpaired) electrons. The van der Waals surface area contributed by atoms with Crippen molar-refractivity contribution in [2.45, 2.75) is 19.4 Å². The fourth-order valence-corrected chi connectivity index (χ4v) is 1.53. The largest absolute Gasteiger partial charge is 0.291 e. The third-order valence-electron chi connectivity index (χ3n) is 1.96. The Hall–Kier alpha value is -0.660. The van der Waals surface area contributed by atoms with Gasteiger partial charge in [-0.25, -0.2) is 0 Å². The van der Waals surface area contributed by atoms with Crippen LogP contribution in [-0.4, -0.2) is 24.5 Å². The van der Waals surface area contributed by atoms with Crippen LogP contribution in [0.4, 0.5) is 0 Å². The van der Waals surface area contributed by atoms with Gasteiger partial charge in [-0.3, -0.25) is 9.98 Å². The predicted molar refractivity (Wildman–Crippen MR) is 38.4 cm³/mol. The SMILES string of the molecule is CC1CC2CN=CC2=N1. The Labute approximate surface area is 54.7 Å². The van der Waals surface area contributed by atoms with E-state index in [2.05, 4.69) is 16.9 Å². The van der Waals surface area contributed by atoms with Gasteiger partial charge in [0.25, 0.3) is 0 Å². The standard InChI is InChI=1S/C7H10N2/c1-5-2-6-3-8-4-7(6)9-5/h4-6H,2-3H2,1H3. The average Bonchev–Trinajstić information content (AvgIpc) is 2.22. The van der Waals surface area contributed by atoms with E-state index in [1.165, 1.54) is 12.1 Å². The van der Waals surface area contributed by atoms with Crippen molar-refractivity contribution in [3.05, 3.63) is 0 Å². The molecule has 0 aromatic rings. The van der Waals surface area contributed by atoms with Gasteiger partial charge in [0.2, 0.25) is 0 Å². The molecule has 0 aromatic heterocycles. The van der Waals surface area contributed by atoms with Crippen LogP contribution in [0.1, 0.15) is 13.3 Å². The Balaban J connectivity index is 2.26. The lowest BCUT2D eigenvalue weighted by molar-refractivity contribution is 0.618. The van der Waals surface area contributed by atoms with Crippen LogP contribution in [0.25, 0.3) is 0 Å². The summed E-state index contributed by atoms with van der Waals surface area (Å²) >= 11 is 0. The molecular formula is C7H10N2. The second-order valence-corrected chi connectivity index (χ2v) is 2.83. The highest BCUT2D eigenvalue weighted by Gasteiger charge is 2.26. The number of hydrogen-bond donors (Lipinski definition) is 0. The Bertz CT molecular complexity index is 181. The van der Waals surface area contributed by atoms with E-state index in [4.69, 9.17) is 0 Å². The van der Waals surface area contributed by atoms with Crippen LogP contribution < -0.4 is 0 Å². The topological polar surface area (TPSA) is 24.7 Å². The predicted octanol–water partition coefficient (Wildman–Crippen LogP) is 0.920. The molecule has 0 spiro atoms. The van der Waals surface area contributed by atoms with Crippen LogP contribution in [0.2, 0.25) is 0 Å². The maximum absolute atomic E-state index is 4.42. The van der Waals surface area contributed by atoms with Crippen molar-refractivity contribution in [1.29, 1.82) is 0 Å². The zero-order valence-corrected chi connectivity index (χ0v) is 5.54. The van der Waals surface area contributed by atoms with Gasteiger partial charge in [0.15, 0.2) is 0 Å². The van der Waals surface area contributed by atoms with Crippen molar-refractivity contribution in [1.82, 2.24) is 0 Å². The first-order chi connectivity index (χ1) is 4.36. The molecular weight excluding hydrogens is 112 g/mol. The Kier molecular flexibility index (Phi) is 0.949. The first-order valence-corrected chi connectivity index (χ1v) is 3.44. The molecule has 9 heavy (non-hydrogen) atoms. The van der Waals surface area contributed by atoms with Gasteiger partial charge in [0.1, 0.15) is 0 Å². The highest BCUT2D eigenvalue weighted by molar-refractivity contribution is 6.33. The maximum atomic E-state index is 4.42. The van der Waals surface area contributed by atoms with Crippen LogP contribution in [-0.2, 0) is 0 Å². The number of nitrogens with zero attached hydrogens (tertiary/aromatic N) is 2. The summed E-state index contributed by atoms with van der Waals surface area (Å²) in [7, 11) is 0. The quantitative estimate of drug-likeness (QED) is 0.456. The van der Waals surface area contributed by atoms with E-state index in [0.29, 0.717) is 12.0 Å². The lowest BCUT2D eigenvalue weighted by atomic mass is 10.0. The van der Waals surface area contributed by atoms with E-state index in [-0.39, 0.29) is 0 Å². The summed E-state index contributed by atoms with van der Waals surface area (Å²) in [5, 5.41) is 0. The molecule has 0 N–H and O–H groups in total. The zero-order chi connectivity index (χ0) is 6.27. The van der Waals surface area contributed by atoms with Crippen LogP contribution in [0.15, 0.2) is 9.98 Å². The fourth-order valence-electron chi connectivity index (χ4n) is 1.53. The molecule has 0 saturated carbocycles. The van der Waals surface area contributed by atoms with Crippen LogP contribution in [0.5, 0.6) is 0 Å². The van der Waals surface area contributed by atoms with Gasteiger partial charge in [0.05, 0.1) is 5.71 Å². The van der Waals surface area contributed by atoms with Crippen LogP contribution in [0.3, 0.4) is 0 Å². The second kappa shape index (κ2) is 1.66. The fraction of sp³-hybridized carbons (Fsp3) is 0.714. The zero-order valence-electron chi connectivity index (χ0n) is 5.54. The van der Waals surface area contributed by atoms with E-state index in [1.54, 1.807) is 0 Å². The van der Waals surface area contributed by atoms with Gasteiger partial charge in [0, 0.05) is 24.7 Å². The summed E-state index contributed by atoms with van der Waals surface area (Å²) in [6, 6.07) is 0.553. The minimum atomic E-state index is 0.553. The lowest BCUT2D eigenvalue weighted by Gasteiger charge is -1.98. The third-order valence-corrected chi connectivity index (χ3v) is 1.96. The van der Waals surface area contributed by atoms with Gasteiger partial charge < -0.3 is 0 Å². The minimum Gasteiger partial charge on any atom is -0.291 e. The van der Waals surface area contributed by atoms with Gasteiger partial charge in [-0.05, 0) is 13.3 Å². The molecule has 2 heteroatoms. The van der Waals surface area contributed by atoms with E-state index in [1.807, 2.05) is 6.21 Å². The van der Waals surface area contributed by atoms with Crippen molar-refractivity contribution in [3.63, 3.8) is 0 Å². The second-order valence-electron chi connectivity index (χ2n) is 2.83. The van der Waals surface area contributed by atoms with Gasteiger partial charge >= 0.3 is 0 Å². The molecule has 0 aromatic carbocycles. The molecule has 2 nitrogen and oxygen atoms in total. The number of hydrogen-bond acceptors (Lipinski definition) is 2. The molecule has 0 amide bonds. The molecule has 48 valence electrons. The molecule has 2 atom stereocenters. The van der Waals surface area contributed by atoms with E-state index < -0.39 is 0 Å². The Morgan fingerprint density at radius 2 is 2.56 bits per heavy atom. The third kappa shape index (κ3) is 0.696. The Morgan fingerprint density at radius 3 is 3.33 bits per heavy atom. The van der Waals surface area contributed by atoms with Crippen LogP contribution >= 0.6 is 0 Å². The first kappa shape index (κ1) is 5.15. The lowest BCUT2D eigenvalue weighted by Crippen LogP contribution is -2.06. The smallest absolute Gasteiger partial charge is 0.0579 e. The summed E-state index contributed by atoms with van der Waals surface area (Å²) < 4.78 is 0. The Morgan fingerprint density at radius 1 is 1.67 bits per heavy atom. The molecule has 0 fully saturated rings. The number of fused-ring (bicyclic) bond motifs is 1. The molecule has 2 rings (SSSR count). The van der Waals surface area contributed by atoms with Gasteiger partial charge in [-0.15, -0.1) is 0 Å². The van der Waals surface area contributed by atoms with Gasteiger partial charge in [-0.2, -0.15) is 0 Å². The number of rotatable bonds is 0. The highest BCUT2D eigenvalue weighted by Crippen LogP contribution is 2.22. The van der Waals surface area contributed by atoms with E-state index >= 15 is 0 Å². The number of aliphatic imine (C=N–C) groups is 2. The summed E-state index contributed by atoms with van der Waals surface area (Å²) in [4.78, 5) is 8.56. The molecule has 0 saturated heterocycles. The molecule has 2 unspecified atom stereocenters. The summed E-state index contributed by atoms with van der Waals surface area (Å²) in [5.74, 6) is 0.681. The summed E-state index contributed by atoms with van der Waals surface area (Å²) in [6.45, 7) is 3.16. The van der Waals surface area contributed by atoms with E-state index in [9.17, 15) is 0 Å². The van der Waals surface area contributed by atoms with Crippen molar-refractivity contribution in [3.8, 4) is 0 Å². The van der Waals surface area contributed by atoms with Gasteiger partial charge in [-0.1, -0.05) is 0 Å². The highest BCUT2D eigenvalue weighted by atomic mass is 14.9. The van der Waals surface area contributed by atoms with E-state index in [0.717, 1.165) is 6.54 Å². The minimum absolute atomic E-state index is 0.553. The monoisotopic (exact) mass is 122 g/mol. The molecule has 0 aliphatic carbocycles. The van der Waals surface area contributed by atoms with Crippen molar-refractivity contribution < 1.29 is 0 Å². The summed E-state index contributed by atoms with van der Waals surface area (Å²) in [5.41, 5.74) is 1.24. The van der Waals surface area contributed by atoms with Crippen molar-refractivity contribution in [2.24, 2.45) is 15.9 Å². The average molecular weight is 122 g/mol. The van der Waals surface area contributed by atoms with Crippen molar-refractivity contribution >= 4 is 11.9 Å². The normalized spacial score (nSPS) is 39.0. The van der Waals surface area contributed by atoms with Crippen molar-refractivity contribution in [2.75, 3.05) is 6.54 Å². The summed E-state index contributed by atoms with van der Waals surface area (Å²) in [6.07, 6.45) is 3.14.